The summed E-state index contributed by atoms with van der Waals surface area (Å²) in [5, 5.41) is 3.50. The predicted octanol–water partition coefficient (Wildman–Crippen LogP) is 3.21. The van der Waals surface area contributed by atoms with Crippen LogP contribution >= 0.6 is 0 Å². The van der Waals surface area contributed by atoms with E-state index in [4.69, 9.17) is 4.74 Å². The van der Waals surface area contributed by atoms with Crippen LogP contribution in [0.5, 0.6) is 5.75 Å². The van der Waals surface area contributed by atoms with Crippen LogP contribution in [-0.2, 0) is 11.2 Å². The first-order valence-corrected chi connectivity index (χ1v) is 8.53. The lowest BCUT2D eigenvalue weighted by atomic mass is 10.1. The minimum atomic E-state index is 0.142. The SMILES string of the molecule is C[C@H](CC(=O)N1CCCCCC1)Nc1cccc2c1CCO2. The van der Waals surface area contributed by atoms with Gasteiger partial charge >= 0.3 is 0 Å². The summed E-state index contributed by atoms with van der Waals surface area (Å²) in [6, 6.07) is 6.25. The summed E-state index contributed by atoms with van der Waals surface area (Å²) in [5.74, 6) is 1.27. The monoisotopic (exact) mass is 302 g/mol. The third-order valence-electron chi connectivity index (χ3n) is 4.58. The zero-order valence-corrected chi connectivity index (χ0v) is 13.4. The molecule has 0 radical (unpaired) electrons. The Balaban J connectivity index is 1.57. The highest BCUT2D eigenvalue weighted by Gasteiger charge is 2.20. The summed E-state index contributed by atoms with van der Waals surface area (Å²) in [6.07, 6.45) is 6.32. The Morgan fingerprint density at radius 2 is 2.05 bits per heavy atom. The number of carbonyl (C=O) groups excluding carboxylic acids is 1. The number of hydrogen-bond acceptors (Lipinski definition) is 3. The fraction of sp³-hybridized carbons (Fsp3) is 0.611. The number of fused-ring (bicyclic) bond motifs is 1. The Bertz CT molecular complexity index is 522. The van der Waals surface area contributed by atoms with Crippen molar-refractivity contribution < 1.29 is 9.53 Å². The maximum atomic E-state index is 12.4. The highest BCUT2D eigenvalue weighted by molar-refractivity contribution is 5.77. The van der Waals surface area contributed by atoms with E-state index in [0.717, 1.165) is 50.4 Å². The van der Waals surface area contributed by atoms with Crippen LogP contribution in [-0.4, -0.2) is 36.5 Å². The van der Waals surface area contributed by atoms with E-state index in [2.05, 4.69) is 18.3 Å². The van der Waals surface area contributed by atoms with E-state index in [1.807, 2.05) is 17.0 Å². The number of rotatable bonds is 4. The molecule has 0 spiro atoms. The third-order valence-corrected chi connectivity index (χ3v) is 4.58. The summed E-state index contributed by atoms with van der Waals surface area (Å²) in [7, 11) is 0. The van der Waals surface area contributed by atoms with Crippen molar-refractivity contribution in [2.24, 2.45) is 0 Å². The quantitative estimate of drug-likeness (QED) is 0.928. The van der Waals surface area contributed by atoms with E-state index in [9.17, 15) is 4.79 Å². The number of amides is 1. The number of hydrogen-bond donors (Lipinski definition) is 1. The van der Waals surface area contributed by atoms with E-state index >= 15 is 0 Å². The molecule has 4 heteroatoms. The molecule has 2 aliphatic rings. The van der Waals surface area contributed by atoms with Crippen molar-refractivity contribution in [3.05, 3.63) is 23.8 Å². The summed E-state index contributed by atoms with van der Waals surface area (Å²) in [4.78, 5) is 14.5. The number of ether oxygens (including phenoxy) is 1. The Labute approximate surface area is 132 Å². The Morgan fingerprint density at radius 1 is 1.27 bits per heavy atom. The van der Waals surface area contributed by atoms with E-state index in [1.54, 1.807) is 0 Å². The van der Waals surface area contributed by atoms with Gasteiger partial charge in [0.05, 0.1) is 6.61 Å². The van der Waals surface area contributed by atoms with Gasteiger partial charge in [0.2, 0.25) is 5.91 Å². The molecule has 0 bridgehead atoms. The minimum Gasteiger partial charge on any atom is -0.493 e. The lowest BCUT2D eigenvalue weighted by molar-refractivity contribution is -0.131. The summed E-state index contributed by atoms with van der Waals surface area (Å²) in [6.45, 7) is 4.71. The standard InChI is InChI=1S/C18H26N2O2/c1-14(13-18(21)20-10-4-2-3-5-11-20)19-16-7-6-8-17-15(16)9-12-22-17/h6-8,14,19H,2-5,9-13H2,1H3/t14-/m1/s1. The lowest BCUT2D eigenvalue weighted by Gasteiger charge is -2.23. The predicted molar refractivity (Wildman–Crippen MR) is 88.4 cm³/mol. The second-order valence-corrected chi connectivity index (χ2v) is 6.43. The molecule has 2 aliphatic heterocycles. The van der Waals surface area contributed by atoms with Gasteiger partial charge in [-0.1, -0.05) is 18.9 Å². The van der Waals surface area contributed by atoms with Crippen molar-refractivity contribution in [1.82, 2.24) is 4.90 Å². The van der Waals surface area contributed by atoms with Crippen molar-refractivity contribution in [2.75, 3.05) is 25.0 Å². The number of nitrogens with one attached hydrogen (secondary N) is 1. The minimum absolute atomic E-state index is 0.142. The van der Waals surface area contributed by atoms with Gasteiger partial charge in [-0.2, -0.15) is 0 Å². The first kappa shape index (κ1) is 15.2. The average Bonchev–Trinajstić information content (AvgIpc) is 2.81. The Kier molecular flexibility index (Phi) is 4.86. The number of carbonyl (C=O) groups is 1. The van der Waals surface area contributed by atoms with Crippen LogP contribution in [0.1, 0.15) is 44.6 Å². The fourth-order valence-electron chi connectivity index (χ4n) is 3.38. The summed E-state index contributed by atoms with van der Waals surface area (Å²) in [5.41, 5.74) is 2.36. The topological polar surface area (TPSA) is 41.6 Å². The second-order valence-electron chi connectivity index (χ2n) is 6.43. The first-order valence-electron chi connectivity index (χ1n) is 8.53. The van der Waals surface area contributed by atoms with Gasteiger partial charge in [-0.15, -0.1) is 0 Å². The first-order chi connectivity index (χ1) is 10.7. The smallest absolute Gasteiger partial charge is 0.224 e. The molecule has 120 valence electrons. The molecule has 0 aromatic heterocycles. The van der Waals surface area contributed by atoms with Gasteiger partial charge < -0.3 is 15.0 Å². The van der Waals surface area contributed by atoms with Crippen LogP contribution in [0.3, 0.4) is 0 Å². The summed E-state index contributed by atoms with van der Waals surface area (Å²) < 4.78 is 5.60. The number of nitrogens with zero attached hydrogens (tertiary/aromatic N) is 1. The van der Waals surface area contributed by atoms with E-state index < -0.39 is 0 Å². The molecule has 1 aromatic carbocycles. The van der Waals surface area contributed by atoms with E-state index in [1.165, 1.54) is 18.4 Å². The van der Waals surface area contributed by atoms with Crippen LogP contribution in [0.2, 0.25) is 0 Å². The molecule has 1 N–H and O–H groups in total. The van der Waals surface area contributed by atoms with Gasteiger partial charge in [0.15, 0.2) is 0 Å². The molecule has 0 unspecified atom stereocenters. The summed E-state index contributed by atoms with van der Waals surface area (Å²) >= 11 is 0. The lowest BCUT2D eigenvalue weighted by Crippen LogP contribution is -2.35. The molecular weight excluding hydrogens is 276 g/mol. The number of benzene rings is 1. The van der Waals surface area contributed by atoms with Crippen LogP contribution in [0.4, 0.5) is 5.69 Å². The van der Waals surface area contributed by atoms with Gasteiger partial charge in [0, 0.05) is 43.2 Å². The van der Waals surface area contributed by atoms with Crippen molar-refractivity contribution in [3.8, 4) is 5.75 Å². The number of likely N-dealkylation sites (tertiary alicyclic amines) is 1. The third kappa shape index (κ3) is 3.54. The maximum Gasteiger partial charge on any atom is 0.224 e. The maximum absolute atomic E-state index is 12.4. The van der Waals surface area contributed by atoms with Gasteiger partial charge in [-0.05, 0) is 31.9 Å². The molecule has 0 aliphatic carbocycles. The molecular formula is C18H26N2O2. The molecule has 1 saturated heterocycles. The zero-order valence-electron chi connectivity index (χ0n) is 13.4. The molecule has 4 nitrogen and oxygen atoms in total. The van der Waals surface area contributed by atoms with Crippen molar-refractivity contribution in [1.29, 1.82) is 0 Å². The van der Waals surface area contributed by atoms with Crippen molar-refractivity contribution in [3.63, 3.8) is 0 Å². The molecule has 1 fully saturated rings. The fourth-order valence-corrected chi connectivity index (χ4v) is 3.38. The average molecular weight is 302 g/mol. The van der Waals surface area contributed by atoms with Crippen LogP contribution in [0.25, 0.3) is 0 Å². The van der Waals surface area contributed by atoms with Crippen LogP contribution in [0, 0.1) is 0 Å². The Morgan fingerprint density at radius 3 is 2.82 bits per heavy atom. The second kappa shape index (κ2) is 7.03. The zero-order chi connectivity index (χ0) is 15.4. The van der Waals surface area contributed by atoms with Gasteiger partial charge in [0.1, 0.15) is 5.75 Å². The van der Waals surface area contributed by atoms with Crippen LogP contribution < -0.4 is 10.1 Å². The molecule has 2 heterocycles. The van der Waals surface area contributed by atoms with E-state index in [0.29, 0.717) is 6.42 Å². The highest BCUT2D eigenvalue weighted by Crippen LogP contribution is 2.32. The Hall–Kier alpha value is -1.71. The molecule has 0 saturated carbocycles. The molecule has 3 rings (SSSR count). The highest BCUT2D eigenvalue weighted by atomic mass is 16.5. The molecule has 22 heavy (non-hydrogen) atoms. The van der Waals surface area contributed by atoms with E-state index in [-0.39, 0.29) is 11.9 Å². The molecule has 1 atom stereocenters. The van der Waals surface area contributed by atoms with Crippen LogP contribution in [0.15, 0.2) is 18.2 Å². The van der Waals surface area contributed by atoms with Crippen molar-refractivity contribution >= 4 is 11.6 Å². The number of anilines is 1. The van der Waals surface area contributed by atoms with Crippen molar-refractivity contribution in [2.45, 2.75) is 51.5 Å². The largest absolute Gasteiger partial charge is 0.493 e. The van der Waals surface area contributed by atoms with Gasteiger partial charge in [-0.3, -0.25) is 4.79 Å². The van der Waals surface area contributed by atoms with Gasteiger partial charge in [0.25, 0.3) is 0 Å². The van der Waals surface area contributed by atoms with Gasteiger partial charge in [-0.25, -0.2) is 0 Å². The molecule has 1 aromatic rings. The normalized spacial score (nSPS) is 19.0. The molecule has 1 amide bonds.